The minimum absolute atomic E-state index is 0.211. The molecule has 2 aromatic rings. The Labute approximate surface area is 113 Å². The maximum absolute atomic E-state index is 5.63. The van der Waals surface area contributed by atoms with Crippen LogP contribution < -0.4 is 11.3 Å². The van der Waals surface area contributed by atoms with Crippen molar-refractivity contribution in [1.29, 1.82) is 0 Å². The number of aryl methyl sites for hydroxylation is 3. The van der Waals surface area contributed by atoms with Crippen LogP contribution in [-0.2, 0) is 19.9 Å². The van der Waals surface area contributed by atoms with E-state index in [1.807, 2.05) is 7.05 Å². The second-order valence-electron chi connectivity index (χ2n) is 4.83. The first-order chi connectivity index (χ1) is 9.20. The summed E-state index contributed by atoms with van der Waals surface area (Å²) in [4.78, 5) is 4.23. The van der Waals surface area contributed by atoms with Crippen molar-refractivity contribution in [3.63, 3.8) is 0 Å². The van der Waals surface area contributed by atoms with Crippen molar-refractivity contribution in [3.05, 3.63) is 47.5 Å². The average molecular weight is 259 g/mol. The summed E-state index contributed by atoms with van der Waals surface area (Å²) >= 11 is 0. The lowest BCUT2D eigenvalue weighted by Crippen LogP contribution is -2.37. The van der Waals surface area contributed by atoms with Crippen molar-refractivity contribution in [3.8, 4) is 0 Å². The summed E-state index contributed by atoms with van der Waals surface area (Å²) in [5, 5.41) is 4.07. The van der Waals surface area contributed by atoms with Crippen molar-refractivity contribution < 1.29 is 0 Å². The molecule has 1 heterocycles. The largest absolute Gasteiger partial charge is 0.271 e. The summed E-state index contributed by atoms with van der Waals surface area (Å²) in [5.74, 6) is 6.59. The first-order valence-electron chi connectivity index (χ1n) is 6.54. The molecular formula is C14H21N5. The molecule has 0 aliphatic rings. The van der Waals surface area contributed by atoms with E-state index in [2.05, 4.69) is 46.7 Å². The molecule has 1 unspecified atom stereocenters. The number of rotatable bonds is 6. The maximum Gasteiger partial charge on any atom is 0.138 e. The van der Waals surface area contributed by atoms with Crippen molar-refractivity contribution in [2.75, 3.05) is 0 Å². The number of nitrogens with one attached hydrogen (secondary N) is 1. The van der Waals surface area contributed by atoms with Crippen LogP contribution in [0.15, 0.2) is 30.6 Å². The number of aromatic nitrogens is 3. The Balaban J connectivity index is 1.93. The molecule has 3 N–H and O–H groups in total. The van der Waals surface area contributed by atoms with Gasteiger partial charge in [-0.05, 0) is 30.9 Å². The molecule has 2 rings (SSSR count). The summed E-state index contributed by atoms with van der Waals surface area (Å²) in [6, 6.07) is 8.67. The minimum Gasteiger partial charge on any atom is -0.271 e. The predicted octanol–water partition coefficient (Wildman–Crippen LogP) is 1.13. The molecule has 0 fully saturated rings. The third-order valence-corrected chi connectivity index (χ3v) is 3.49. The molecule has 0 aliphatic heterocycles. The van der Waals surface area contributed by atoms with Crippen LogP contribution in [0.1, 0.15) is 23.4 Å². The van der Waals surface area contributed by atoms with Gasteiger partial charge < -0.3 is 0 Å². The van der Waals surface area contributed by atoms with Gasteiger partial charge in [-0.15, -0.1) is 0 Å². The van der Waals surface area contributed by atoms with Crippen LogP contribution in [0.3, 0.4) is 0 Å². The number of benzene rings is 1. The van der Waals surface area contributed by atoms with E-state index in [4.69, 9.17) is 5.84 Å². The first kappa shape index (κ1) is 13.7. The van der Waals surface area contributed by atoms with Crippen LogP contribution in [0.4, 0.5) is 0 Å². The summed E-state index contributed by atoms with van der Waals surface area (Å²) in [5.41, 5.74) is 5.58. The summed E-state index contributed by atoms with van der Waals surface area (Å²) < 4.78 is 1.79. The van der Waals surface area contributed by atoms with Crippen LogP contribution in [0.2, 0.25) is 0 Å². The zero-order valence-electron chi connectivity index (χ0n) is 11.5. The number of hydrogen-bond acceptors (Lipinski definition) is 4. The Kier molecular flexibility index (Phi) is 4.65. The fraction of sp³-hybridized carbons (Fsp3) is 0.429. The molecule has 102 valence electrons. The summed E-state index contributed by atoms with van der Waals surface area (Å²) in [7, 11) is 1.90. The second-order valence-corrected chi connectivity index (χ2v) is 4.83. The van der Waals surface area contributed by atoms with Gasteiger partial charge in [0.25, 0.3) is 0 Å². The molecule has 1 aromatic carbocycles. The summed E-state index contributed by atoms with van der Waals surface area (Å²) in [6.07, 6.45) is 4.36. The molecule has 0 saturated heterocycles. The van der Waals surface area contributed by atoms with E-state index in [9.17, 15) is 0 Å². The molecule has 5 nitrogen and oxygen atoms in total. The lowest BCUT2D eigenvalue weighted by Gasteiger charge is -2.15. The molecule has 0 aliphatic carbocycles. The highest BCUT2D eigenvalue weighted by atomic mass is 15.3. The van der Waals surface area contributed by atoms with Crippen molar-refractivity contribution >= 4 is 0 Å². The van der Waals surface area contributed by atoms with Crippen molar-refractivity contribution in [2.45, 2.75) is 32.2 Å². The topological polar surface area (TPSA) is 68.8 Å². The number of hydrazine groups is 1. The quantitative estimate of drug-likeness (QED) is 0.603. The standard InChI is InChI=1S/C14H21N5/c1-11-5-3-4-6-12(11)7-8-13(18-15)9-14-16-10-17-19(14)2/h3-6,10,13,18H,7-9,15H2,1-2H3. The molecular weight excluding hydrogens is 238 g/mol. The molecule has 0 saturated carbocycles. The Morgan fingerprint density at radius 1 is 1.37 bits per heavy atom. The predicted molar refractivity (Wildman–Crippen MR) is 75.3 cm³/mol. The minimum atomic E-state index is 0.211. The zero-order chi connectivity index (χ0) is 13.7. The molecule has 0 radical (unpaired) electrons. The number of nitrogens with zero attached hydrogens (tertiary/aromatic N) is 3. The Morgan fingerprint density at radius 2 is 2.16 bits per heavy atom. The second kappa shape index (κ2) is 6.45. The third kappa shape index (κ3) is 3.62. The highest BCUT2D eigenvalue weighted by Gasteiger charge is 2.12. The molecule has 0 spiro atoms. The van der Waals surface area contributed by atoms with E-state index in [0.29, 0.717) is 0 Å². The van der Waals surface area contributed by atoms with Gasteiger partial charge in [0.05, 0.1) is 0 Å². The number of nitrogens with two attached hydrogens (primary N) is 1. The third-order valence-electron chi connectivity index (χ3n) is 3.49. The smallest absolute Gasteiger partial charge is 0.138 e. The SMILES string of the molecule is Cc1ccccc1CCC(Cc1ncnn1C)NN. The number of hydrogen-bond donors (Lipinski definition) is 2. The van der Waals surface area contributed by atoms with Crippen LogP contribution in [0.25, 0.3) is 0 Å². The van der Waals surface area contributed by atoms with Gasteiger partial charge >= 0.3 is 0 Å². The molecule has 5 heteroatoms. The van der Waals surface area contributed by atoms with Gasteiger partial charge in [-0.25, -0.2) is 4.98 Å². The fourth-order valence-corrected chi connectivity index (χ4v) is 2.19. The van der Waals surface area contributed by atoms with E-state index < -0.39 is 0 Å². The first-order valence-corrected chi connectivity index (χ1v) is 6.54. The van der Waals surface area contributed by atoms with E-state index in [0.717, 1.165) is 25.1 Å². The van der Waals surface area contributed by atoms with Crippen LogP contribution >= 0.6 is 0 Å². The van der Waals surface area contributed by atoms with Gasteiger partial charge in [-0.2, -0.15) is 5.10 Å². The highest BCUT2D eigenvalue weighted by molar-refractivity contribution is 5.25. The van der Waals surface area contributed by atoms with E-state index >= 15 is 0 Å². The molecule has 0 amide bonds. The lowest BCUT2D eigenvalue weighted by molar-refractivity contribution is 0.472. The average Bonchev–Trinajstić information content (AvgIpc) is 2.81. The van der Waals surface area contributed by atoms with Crippen LogP contribution in [0.5, 0.6) is 0 Å². The van der Waals surface area contributed by atoms with Gasteiger partial charge in [-0.3, -0.25) is 16.0 Å². The normalized spacial score (nSPS) is 12.6. The van der Waals surface area contributed by atoms with E-state index in [1.165, 1.54) is 11.1 Å². The summed E-state index contributed by atoms with van der Waals surface area (Å²) in [6.45, 7) is 2.14. The van der Waals surface area contributed by atoms with Gasteiger partial charge in [0.1, 0.15) is 12.2 Å². The molecule has 19 heavy (non-hydrogen) atoms. The van der Waals surface area contributed by atoms with Crippen LogP contribution in [-0.4, -0.2) is 20.8 Å². The van der Waals surface area contributed by atoms with Gasteiger partial charge in [0.15, 0.2) is 0 Å². The van der Waals surface area contributed by atoms with Crippen molar-refractivity contribution in [2.24, 2.45) is 12.9 Å². The molecule has 1 atom stereocenters. The maximum atomic E-state index is 5.63. The fourth-order valence-electron chi connectivity index (χ4n) is 2.19. The highest BCUT2D eigenvalue weighted by Crippen LogP contribution is 2.12. The van der Waals surface area contributed by atoms with Gasteiger partial charge in [-0.1, -0.05) is 24.3 Å². The monoisotopic (exact) mass is 259 g/mol. The zero-order valence-corrected chi connectivity index (χ0v) is 11.5. The van der Waals surface area contributed by atoms with Crippen LogP contribution in [0, 0.1) is 6.92 Å². The van der Waals surface area contributed by atoms with E-state index in [1.54, 1.807) is 11.0 Å². The van der Waals surface area contributed by atoms with Crippen molar-refractivity contribution in [1.82, 2.24) is 20.2 Å². The molecule has 1 aromatic heterocycles. The van der Waals surface area contributed by atoms with Gasteiger partial charge in [0.2, 0.25) is 0 Å². The van der Waals surface area contributed by atoms with Gasteiger partial charge in [0, 0.05) is 19.5 Å². The molecule has 0 bridgehead atoms. The Morgan fingerprint density at radius 3 is 2.79 bits per heavy atom. The Hall–Kier alpha value is -1.72. The van der Waals surface area contributed by atoms with E-state index in [-0.39, 0.29) is 6.04 Å². The Bertz CT molecular complexity index is 520. The lowest BCUT2D eigenvalue weighted by atomic mass is 10.00.